The summed E-state index contributed by atoms with van der Waals surface area (Å²) in [5.41, 5.74) is 2.87. The molecule has 1 saturated carbocycles. The molecule has 0 aromatic heterocycles. The van der Waals surface area contributed by atoms with E-state index in [-0.39, 0.29) is 6.04 Å². The molecule has 0 aliphatic heterocycles. The highest BCUT2D eigenvalue weighted by Gasteiger charge is 2.26. The molecule has 0 bridgehead atoms. The molecule has 1 fully saturated rings. The van der Waals surface area contributed by atoms with Gasteiger partial charge >= 0.3 is 11.8 Å². The third-order valence-electron chi connectivity index (χ3n) is 2.92. The molecule has 1 aliphatic carbocycles. The number of hydrogen-bond donors (Lipinski definition) is 2. The molecule has 2 rings (SSSR count). The normalized spacial score (nSPS) is 13.9. The van der Waals surface area contributed by atoms with Crippen LogP contribution in [0.4, 0.5) is 0 Å². The van der Waals surface area contributed by atoms with Crippen molar-refractivity contribution < 1.29 is 14.3 Å². The van der Waals surface area contributed by atoms with Crippen LogP contribution in [0.1, 0.15) is 31.7 Å². The van der Waals surface area contributed by atoms with Crippen LogP contribution in [0.2, 0.25) is 5.02 Å². The Morgan fingerprint density at radius 1 is 1.41 bits per heavy atom. The van der Waals surface area contributed by atoms with E-state index in [4.69, 9.17) is 16.3 Å². The van der Waals surface area contributed by atoms with Gasteiger partial charge in [0, 0.05) is 6.04 Å². The second kappa shape index (κ2) is 7.79. The first-order valence-electron chi connectivity index (χ1n) is 7.16. The maximum Gasteiger partial charge on any atom is 0.329 e. The van der Waals surface area contributed by atoms with Crippen LogP contribution in [0.3, 0.4) is 0 Å². The molecule has 22 heavy (non-hydrogen) atoms. The minimum absolute atomic E-state index is 0.136. The SMILES string of the molecule is CCCOc1ccc(/C=N\NC(=O)C(=O)NC2CC2)cc1Cl. The summed E-state index contributed by atoms with van der Waals surface area (Å²) in [7, 11) is 0. The van der Waals surface area contributed by atoms with Crippen molar-refractivity contribution in [1.29, 1.82) is 0 Å². The summed E-state index contributed by atoms with van der Waals surface area (Å²) in [6.45, 7) is 2.61. The Labute approximate surface area is 133 Å². The fourth-order valence-electron chi connectivity index (χ4n) is 1.62. The van der Waals surface area contributed by atoms with Crippen molar-refractivity contribution in [1.82, 2.24) is 10.7 Å². The van der Waals surface area contributed by atoms with Gasteiger partial charge in [0.05, 0.1) is 17.8 Å². The number of amides is 2. The first kappa shape index (κ1) is 16.3. The van der Waals surface area contributed by atoms with Crippen LogP contribution < -0.4 is 15.5 Å². The van der Waals surface area contributed by atoms with Gasteiger partial charge in [0.15, 0.2) is 0 Å². The Morgan fingerprint density at radius 3 is 2.82 bits per heavy atom. The highest BCUT2D eigenvalue weighted by molar-refractivity contribution is 6.35. The smallest absolute Gasteiger partial charge is 0.329 e. The van der Waals surface area contributed by atoms with E-state index in [1.165, 1.54) is 6.21 Å². The van der Waals surface area contributed by atoms with Gasteiger partial charge in [-0.3, -0.25) is 9.59 Å². The van der Waals surface area contributed by atoms with E-state index in [0.29, 0.717) is 22.9 Å². The zero-order valence-electron chi connectivity index (χ0n) is 12.3. The largest absolute Gasteiger partial charge is 0.492 e. The number of benzene rings is 1. The Morgan fingerprint density at radius 2 is 2.18 bits per heavy atom. The number of rotatable bonds is 6. The Hall–Kier alpha value is -2.08. The number of carbonyl (C=O) groups is 2. The zero-order chi connectivity index (χ0) is 15.9. The predicted molar refractivity (Wildman–Crippen MR) is 84.1 cm³/mol. The summed E-state index contributed by atoms with van der Waals surface area (Å²) in [4.78, 5) is 22.9. The lowest BCUT2D eigenvalue weighted by Crippen LogP contribution is -2.38. The maximum atomic E-state index is 11.5. The lowest BCUT2D eigenvalue weighted by Gasteiger charge is -2.06. The molecule has 7 heteroatoms. The molecule has 1 aliphatic rings. The maximum absolute atomic E-state index is 11.5. The van der Waals surface area contributed by atoms with Crippen molar-refractivity contribution in [2.24, 2.45) is 5.10 Å². The van der Waals surface area contributed by atoms with Crippen molar-refractivity contribution in [3.8, 4) is 5.75 Å². The van der Waals surface area contributed by atoms with Gasteiger partial charge in [-0.1, -0.05) is 18.5 Å². The van der Waals surface area contributed by atoms with Crippen molar-refractivity contribution >= 4 is 29.6 Å². The fraction of sp³-hybridized carbons (Fsp3) is 0.400. The Bertz CT molecular complexity index is 585. The molecule has 6 nitrogen and oxygen atoms in total. The highest BCUT2D eigenvalue weighted by Crippen LogP contribution is 2.25. The van der Waals surface area contributed by atoms with Crippen LogP contribution >= 0.6 is 11.6 Å². The summed E-state index contributed by atoms with van der Waals surface area (Å²) < 4.78 is 5.46. The monoisotopic (exact) mass is 323 g/mol. The van der Waals surface area contributed by atoms with Gasteiger partial charge in [0.25, 0.3) is 0 Å². The van der Waals surface area contributed by atoms with E-state index in [1.54, 1.807) is 18.2 Å². The summed E-state index contributed by atoms with van der Waals surface area (Å²) in [5.74, 6) is -0.841. The fourth-order valence-corrected chi connectivity index (χ4v) is 1.86. The molecule has 0 radical (unpaired) electrons. The van der Waals surface area contributed by atoms with Gasteiger partial charge in [-0.2, -0.15) is 5.10 Å². The molecule has 1 aromatic rings. The van der Waals surface area contributed by atoms with Crippen molar-refractivity contribution in [2.75, 3.05) is 6.61 Å². The molecule has 1 aromatic carbocycles. The lowest BCUT2D eigenvalue weighted by atomic mass is 10.2. The predicted octanol–water partition coefficient (Wildman–Crippen LogP) is 1.86. The molecule has 0 heterocycles. The minimum atomic E-state index is -0.780. The molecule has 0 saturated heterocycles. The summed E-state index contributed by atoms with van der Waals surface area (Å²) >= 11 is 6.08. The third kappa shape index (κ3) is 5.04. The van der Waals surface area contributed by atoms with Crippen LogP contribution in [0, 0.1) is 0 Å². The standard InChI is InChI=1S/C15H18ClN3O3/c1-2-7-22-13-6-3-10(8-12(13)16)9-17-19-15(21)14(20)18-11-4-5-11/h3,6,8-9,11H,2,4-5,7H2,1H3,(H,18,20)(H,19,21)/b17-9-. The van der Waals surface area contributed by atoms with Gasteiger partial charge in [-0.15, -0.1) is 0 Å². The van der Waals surface area contributed by atoms with E-state index < -0.39 is 11.8 Å². The molecular formula is C15H18ClN3O3. The number of halogens is 1. The van der Waals surface area contributed by atoms with Crippen LogP contribution in [0.25, 0.3) is 0 Å². The van der Waals surface area contributed by atoms with Crippen LogP contribution in [0.15, 0.2) is 23.3 Å². The molecule has 118 valence electrons. The van der Waals surface area contributed by atoms with E-state index in [2.05, 4.69) is 15.8 Å². The quantitative estimate of drug-likeness (QED) is 0.476. The molecule has 2 N–H and O–H groups in total. The van der Waals surface area contributed by atoms with Gasteiger partial charge in [-0.25, -0.2) is 5.43 Å². The van der Waals surface area contributed by atoms with Gasteiger partial charge < -0.3 is 10.1 Å². The summed E-state index contributed by atoms with van der Waals surface area (Å²) in [6, 6.07) is 5.31. The average Bonchev–Trinajstić information content (AvgIpc) is 3.30. The number of nitrogens with zero attached hydrogens (tertiary/aromatic N) is 1. The third-order valence-corrected chi connectivity index (χ3v) is 3.21. The van der Waals surface area contributed by atoms with Crippen molar-refractivity contribution in [3.63, 3.8) is 0 Å². The molecule has 0 spiro atoms. The highest BCUT2D eigenvalue weighted by atomic mass is 35.5. The van der Waals surface area contributed by atoms with Gasteiger partial charge in [0.2, 0.25) is 0 Å². The average molecular weight is 324 g/mol. The molecule has 2 amide bonds. The number of nitrogens with one attached hydrogen (secondary N) is 2. The first-order chi connectivity index (χ1) is 10.6. The van der Waals surface area contributed by atoms with E-state index >= 15 is 0 Å². The van der Waals surface area contributed by atoms with Crippen LogP contribution in [0.5, 0.6) is 5.75 Å². The van der Waals surface area contributed by atoms with E-state index in [0.717, 1.165) is 19.3 Å². The summed E-state index contributed by atoms with van der Waals surface area (Å²) in [6.07, 6.45) is 4.16. The second-order valence-corrected chi connectivity index (χ2v) is 5.39. The Balaban J connectivity index is 1.85. The van der Waals surface area contributed by atoms with Crippen LogP contribution in [-0.4, -0.2) is 30.7 Å². The number of ether oxygens (including phenoxy) is 1. The molecule has 0 unspecified atom stereocenters. The lowest BCUT2D eigenvalue weighted by molar-refractivity contribution is -0.139. The first-order valence-corrected chi connectivity index (χ1v) is 7.54. The van der Waals surface area contributed by atoms with E-state index in [9.17, 15) is 9.59 Å². The van der Waals surface area contributed by atoms with Gasteiger partial charge in [0.1, 0.15) is 5.75 Å². The second-order valence-electron chi connectivity index (χ2n) is 4.99. The number of hydrazone groups is 1. The topological polar surface area (TPSA) is 79.8 Å². The van der Waals surface area contributed by atoms with Crippen molar-refractivity contribution in [2.45, 2.75) is 32.2 Å². The van der Waals surface area contributed by atoms with Crippen molar-refractivity contribution in [3.05, 3.63) is 28.8 Å². The molecular weight excluding hydrogens is 306 g/mol. The zero-order valence-corrected chi connectivity index (χ0v) is 13.0. The van der Waals surface area contributed by atoms with Crippen LogP contribution in [-0.2, 0) is 9.59 Å². The van der Waals surface area contributed by atoms with E-state index in [1.807, 2.05) is 6.92 Å². The summed E-state index contributed by atoms with van der Waals surface area (Å²) in [5, 5.41) is 6.78. The Kier molecular flexibility index (Phi) is 5.77. The number of hydrogen-bond acceptors (Lipinski definition) is 4. The minimum Gasteiger partial charge on any atom is -0.492 e. The van der Waals surface area contributed by atoms with Gasteiger partial charge in [-0.05, 0) is 43.0 Å². The molecule has 0 atom stereocenters. The number of carbonyl (C=O) groups excluding carboxylic acids is 2.